The van der Waals surface area contributed by atoms with Crippen molar-refractivity contribution in [2.24, 2.45) is 0 Å². The van der Waals surface area contributed by atoms with Crippen molar-refractivity contribution in [3.8, 4) is 0 Å². The Morgan fingerprint density at radius 2 is 0.938 bits per heavy atom. The molecule has 0 amide bonds. The summed E-state index contributed by atoms with van der Waals surface area (Å²) < 4.78 is 17.2. The molecule has 0 aliphatic carbocycles. The molecule has 0 fully saturated rings. The van der Waals surface area contributed by atoms with E-state index in [9.17, 15) is 19.5 Å². The first-order valence-electron chi connectivity index (χ1n) is 25.0. The highest BCUT2D eigenvalue weighted by Crippen LogP contribution is 2.13. The van der Waals surface area contributed by atoms with E-state index in [2.05, 4.69) is 117 Å². The number of carbonyl (C=O) groups is 3. The number of unbranched alkanes of at least 4 members (excludes halogenated alkanes) is 14. The van der Waals surface area contributed by atoms with E-state index in [1.165, 1.54) is 32.1 Å². The molecule has 64 heavy (non-hydrogen) atoms. The van der Waals surface area contributed by atoms with Gasteiger partial charge in [0, 0.05) is 19.3 Å². The molecular weight excluding hydrogens is 799 g/mol. The molecule has 0 rings (SSSR count). The van der Waals surface area contributed by atoms with Crippen LogP contribution in [0.2, 0.25) is 0 Å². The first kappa shape index (κ1) is 60.0. The Kier molecular flexibility index (Phi) is 42.7. The van der Waals surface area contributed by atoms with Crippen molar-refractivity contribution < 1.29 is 38.2 Å². The second kappa shape index (κ2) is 45.6. The second-order valence-corrected chi connectivity index (χ2v) is 17.4. The van der Waals surface area contributed by atoms with Gasteiger partial charge in [-0.1, -0.05) is 181 Å². The fraction of sp³-hybridized carbons (Fsp3) is 0.625. The van der Waals surface area contributed by atoms with Gasteiger partial charge < -0.3 is 28.6 Å². The average Bonchev–Trinajstić information content (AvgIpc) is 3.26. The monoisotopic (exact) mass is 890 g/mol. The number of carboxylic acid groups (broad SMARTS) is 1. The Bertz CT molecular complexity index is 1410. The minimum atomic E-state index is -1.14. The number of hydrogen-bond donors (Lipinski definition) is 0. The fourth-order valence-electron chi connectivity index (χ4n) is 6.64. The Morgan fingerprint density at radius 1 is 0.500 bits per heavy atom. The van der Waals surface area contributed by atoms with Gasteiger partial charge in [-0.3, -0.25) is 9.59 Å². The Balaban J connectivity index is 4.37. The molecule has 0 bridgehead atoms. The molecule has 8 heteroatoms. The van der Waals surface area contributed by atoms with Crippen LogP contribution in [0.1, 0.15) is 174 Å². The van der Waals surface area contributed by atoms with Crippen molar-refractivity contribution in [1.29, 1.82) is 0 Å². The van der Waals surface area contributed by atoms with Gasteiger partial charge in [-0.05, 0) is 83.5 Å². The van der Waals surface area contributed by atoms with Crippen LogP contribution in [0.3, 0.4) is 0 Å². The number of aliphatic carboxylic acids is 1. The van der Waals surface area contributed by atoms with Crippen LogP contribution >= 0.6 is 0 Å². The van der Waals surface area contributed by atoms with Gasteiger partial charge >= 0.3 is 11.9 Å². The number of carboxylic acids is 1. The number of esters is 2. The highest BCUT2D eigenvalue weighted by molar-refractivity contribution is 5.70. The summed E-state index contributed by atoms with van der Waals surface area (Å²) >= 11 is 0. The number of quaternary nitrogens is 1. The summed E-state index contributed by atoms with van der Waals surface area (Å²) in [5.74, 6) is -1.80. The molecule has 0 aliphatic rings. The van der Waals surface area contributed by atoms with E-state index in [-0.39, 0.29) is 49.1 Å². The van der Waals surface area contributed by atoms with E-state index < -0.39 is 18.1 Å². The maximum Gasteiger partial charge on any atom is 0.306 e. The third kappa shape index (κ3) is 43.3. The zero-order chi connectivity index (χ0) is 47.0. The molecule has 2 atom stereocenters. The van der Waals surface area contributed by atoms with Crippen LogP contribution in [-0.2, 0) is 28.6 Å². The predicted molar refractivity (Wildman–Crippen MR) is 268 cm³/mol. The van der Waals surface area contributed by atoms with Gasteiger partial charge in [0.1, 0.15) is 12.6 Å². The number of rotatable bonds is 43. The molecular formula is C56H91NO7. The molecule has 8 nitrogen and oxygen atoms in total. The van der Waals surface area contributed by atoms with Crippen molar-refractivity contribution in [2.45, 2.75) is 187 Å². The largest absolute Gasteiger partial charge is 0.544 e. The van der Waals surface area contributed by atoms with Crippen LogP contribution in [0.15, 0.2) is 109 Å². The van der Waals surface area contributed by atoms with Crippen LogP contribution in [0.25, 0.3) is 0 Å². The van der Waals surface area contributed by atoms with Crippen LogP contribution in [-0.4, -0.2) is 75.5 Å². The highest BCUT2D eigenvalue weighted by atomic mass is 16.6. The molecule has 0 radical (unpaired) electrons. The standard InChI is InChI=1S/C56H91NO7/c1-6-8-10-12-14-16-18-20-22-24-26-27-28-29-31-32-34-36-38-40-42-44-46-54(58)63-51-52(50-62-49-48-53(56(60)61)57(3,4)5)64-55(59)47-45-43-41-39-37-35-33-30-25-23-21-19-17-15-13-11-9-7-2/h8,10,14-17,19-23,25-27,29-31,33,52-53H,6-7,9,11-13,18,24,28,32,34-51H2,1-5H3/b10-8+,16-14+,17-15+,21-19+,22-20+,25-23+,27-26+,31-29+,33-30+. The molecule has 0 heterocycles. The number of allylic oxidation sites excluding steroid dienone is 18. The Morgan fingerprint density at radius 3 is 1.44 bits per heavy atom. The number of carbonyl (C=O) groups excluding carboxylic acids is 3. The number of nitrogens with zero attached hydrogens (tertiary/aromatic N) is 1. The third-order valence-electron chi connectivity index (χ3n) is 10.5. The molecule has 0 N–H and O–H groups in total. The minimum absolute atomic E-state index is 0.0186. The number of ether oxygens (including phenoxy) is 3. The Hall–Kier alpha value is -4.01. The quantitative estimate of drug-likeness (QED) is 0.0197. The lowest BCUT2D eigenvalue weighted by Crippen LogP contribution is -2.55. The highest BCUT2D eigenvalue weighted by Gasteiger charge is 2.25. The minimum Gasteiger partial charge on any atom is -0.544 e. The topological polar surface area (TPSA) is 102 Å². The summed E-state index contributed by atoms with van der Waals surface area (Å²) in [6.45, 7) is 4.45. The van der Waals surface area contributed by atoms with E-state index in [4.69, 9.17) is 14.2 Å². The van der Waals surface area contributed by atoms with Gasteiger partial charge in [0.25, 0.3) is 0 Å². The average molecular weight is 890 g/mol. The maximum absolute atomic E-state index is 12.8. The van der Waals surface area contributed by atoms with Crippen molar-refractivity contribution in [3.63, 3.8) is 0 Å². The molecule has 0 aromatic heterocycles. The van der Waals surface area contributed by atoms with Crippen molar-refractivity contribution in [1.82, 2.24) is 0 Å². The van der Waals surface area contributed by atoms with Crippen molar-refractivity contribution >= 4 is 17.9 Å². The van der Waals surface area contributed by atoms with Crippen LogP contribution in [0.4, 0.5) is 0 Å². The SMILES string of the molecule is CC/C=C/C/C=C/C/C=C/C/C=C/C/C=C/CCCCCCCCC(=O)OCC(COCCC(C(=O)[O-])[N+](C)(C)C)OC(=O)CCCCCCC/C=C/C=C/C=C/C=C/CCCCC. The zero-order valence-electron chi connectivity index (χ0n) is 41.2. The molecule has 0 saturated heterocycles. The Labute approximate surface area is 391 Å². The second-order valence-electron chi connectivity index (χ2n) is 17.4. The van der Waals surface area contributed by atoms with Gasteiger partial charge in [0.15, 0.2) is 6.10 Å². The van der Waals surface area contributed by atoms with Crippen LogP contribution in [0, 0.1) is 0 Å². The summed E-state index contributed by atoms with van der Waals surface area (Å²) in [6.07, 6.45) is 62.5. The van der Waals surface area contributed by atoms with Crippen molar-refractivity contribution in [3.05, 3.63) is 109 Å². The van der Waals surface area contributed by atoms with E-state index in [0.717, 1.165) is 109 Å². The van der Waals surface area contributed by atoms with Crippen LogP contribution < -0.4 is 5.11 Å². The molecule has 2 unspecified atom stereocenters. The lowest BCUT2D eigenvalue weighted by atomic mass is 10.1. The lowest BCUT2D eigenvalue weighted by Gasteiger charge is -2.34. The zero-order valence-corrected chi connectivity index (χ0v) is 41.2. The van der Waals surface area contributed by atoms with E-state index in [1.807, 2.05) is 6.08 Å². The first-order valence-corrected chi connectivity index (χ1v) is 25.0. The van der Waals surface area contributed by atoms with Gasteiger partial charge in [0.2, 0.25) is 0 Å². The number of likely N-dealkylation sites (N-methyl/N-ethyl adjacent to an activating group) is 1. The van der Waals surface area contributed by atoms with E-state index in [0.29, 0.717) is 6.42 Å². The summed E-state index contributed by atoms with van der Waals surface area (Å²) in [4.78, 5) is 37.0. The molecule has 0 spiro atoms. The molecule has 362 valence electrons. The first-order chi connectivity index (χ1) is 31.1. The lowest BCUT2D eigenvalue weighted by molar-refractivity contribution is -0.889. The summed E-state index contributed by atoms with van der Waals surface area (Å²) in [5.41, 5.74) is 0. The van der Waals surface area contributed by atoms with Gasteiger partial charge in [-0.25, -0.2) is 0 Å². The summed E-state index contributed by atoms with van der Waals surface area (Å²) in [7, 11) is 5.39. The summed E-state index contributed by atoms with van der Waals surface area (Å²) in [5, 5.41) is 11.7. The molecule has 0 aromatic rings. The maximum atomic E-state index is 12.8. The van der Waals surface area contributed by atoms with E-state index >= 15 is 0 Å². The van der Waals surface area contributed by atoms with Gasteiger partial charge in [-0.2, -0.15) is 0 Å². The normalized spacial score (nSPS) is 13.8. The summed E-state index contributed by atoms with van der Waals surface area (Å²) in [6, 6.07) is -0.740. The van der Waals surface area contributed by atoms with Gasteiger partial charge in [-0.15, -0.1) is 0 Å². The number of hydrogen-bond acceptors (Lipinski definition) is 7. The predicted octanol–water partition coefficient (Wildman–Crippen LogP) is 13.1. The van der Waals surface area contributed by atoms with Crippen LogP contribution in [0.5, 0.6) is 0 Å². The fourth-order valence-corrected chi connectivity index (χ4v) is 6.64. The van der Waals surface area contributed by atoms with Crippen molar-refractivity contribution in [2.75, 3.05) is 41.0 Å². The third-order valence-corrected chi connectivity index (χ3v) is 10.5. The molecule has 0 aliphatic heterocycles. The van der Waals surface area contributed by atoms with E-state index in [1.54, 1.807) is 21.1 Å². The smallest absolute Gasteiger partial charge is 0.306 e. The molecule has 0 aromatic carbocycles. The molecule has 0 saturated carbocycles. The van der Waals surface area contributed by atoms with Gasteiger partial charge in [0.05, 0.1) is 40.3 Å².